The van der Waals surface area contributed by atoms with Gasteiger partial charge in [-0.15, -0.1) is 0 Å². The second-order valence-corrected chi connectivity index (χ2v) is 7.66. The molecule has 0 aromatic carbocycles. The molecule has 21 heavy (non-hydrogen) atoms. The van der Waals surface area contributed by atoms with E-state index < -0.39 is 0 Å². The largest absolute Gasteiger partial charge is 0.380 e. The lowest BCUT2D eigenvalue weighted by atomic mass is 9.76. The van der Waals surface area contributed by atoms with Crippen molar-refractivity contribution < 1.29 is 4.74 Å². The fourth-order valence-electron chi connectivity index (χ4n) is 4.88. The Kier molecular flexibility index (Phi) is 5.23. The number of nitrogens with one attached hydrogen (secondary N) is 1. The van der Waals surface area contributed by atoms with E-state index in [1.54, 1.807) is 0 Å². The van der Waals surface area contributed by atoms with Crippen LogP contribution in [0, 0.1) is 0 Å². The number of rotatable bonds is 5. The molecule has 0 amide bonds. The topological polar surface area (TPSA) is 24.5 Å². The van der Waals surface area contributed by atoms with E-state index >= 15 is 0 Å². The fourth-order valence-corrected chi connectivity index (χ4v) is 4.88. The zero-order chi connectivity index (χ0) is 14.6. The Morgan fingerprint density at radius 2 is 1.67 bits per heavy atom. The Balaban J connectivity index is 1.64. The summed E-state index contributed by atoms with van der Waals surface area (Å²) in [7, 11) is 0. The SMILES string of the molecule is CCCOCCN1CC2(CCCC2)NCC12CCCCC2. The number of ether oxygens (including phenoxy) is 1. The molecule has 2 aliphatic carbocycles. The first kappa shape index (κ1) is 15.8. The van der Waals surface area contributed by atoms with Crippen molar-refractivity contribution in [3.05, 3.63) is 0 Å². The van der Waals surface area contributed by atoms with Gasteiger partial charge in [0.05, 0.1) is 6.61 Å². The normalized spacial score (nSPS) is 28.4. The van der Waals surface area contributed by atoms with Crippen LogP contribution in [0.2, 0.25) is 0 Å². The van der Waals surface area contributed by atoms with Crippen molar-refractivity contribution in [1.82, 2.24) is 10.2 Å². The summed E-state index contributed by atoms with van der Waals surface area (Å²) in [6.45, 7) is 7.67. The fraction of sp³-hybridized carbons (Fsp3) is 1.00. The first-order valence-corrected chi connectivity index (χ1v) is 9.37. The average Bonchev–Trinajstić information content (AvgIpc) is 2.97. The van der Waals surface area contributed by atoms with Crippen LogP contribution in [0.3, 0.4) is 0 Å². The van der Waals surface area contributed by atoms with Gasteiger partial charge in [-0.3, -0.25) is 4.90 Å². The van der Waals surface area contributed by atoms with Gasteiger partial charge in [0.1, 0.15) is 0 Å². The van der Waals surface area contributed by atoms with Crippen LogP contribution in [-0.4, -0.2) is 48.8 Å². The molecule has 2 saturated carbocycles. The van der Waals surface area contributed by atoms with Crippen molar-refractivity contribution in [1.29, 1.82) is 0 Å². The molecule has 1 N–H and O–H groups in total. The van der Waals surface area contributed by atoms with Crippen molar-refractivity contribution in [2.24, 2.45) is 0 Å². The summed E-state index contributed by atoms with van der Waals surface area (Å²) in [5.74, 6) is 0. The number of hydrogen-bond donors (Lipinski definition) is 1. The van der Waals surface area contributed by atoms with E-state index in [2.05, 4.69) is 17.1 Å². The summed E-state index contributed by atoms with van der Waals surface area (Å²) >= 11 is 0. The minimum atomic E-state index is 0.438. The molecule has 0 aromatic rings. The van der Waals surface area contributed by atoms with Gasteiger partial charge in [-0.05, 0) is 32.1 Å². The summed E-state index contributed by atoms with van der Waals surface area (Å²) in [5.41, 5.74) is 0.884. The Labute approximate surface area is 130 Å². The number of hydrogen-bond acceptors (Lipinski definition) is 3. The maximum Gasteiger partial charge on any atom is 0.0593 e. The van der Waals surface area contributed by atoms with E-state index in [4.69, 9.17) is 4.74 Å². The lowest BCUT2D eigenvalue weighted by Crippen LogP contribution is -2.70. The van der Waals surface area contributed by atoms with Crippen molar-refractivity contribution in [3.8, 4) is 0 Å². The maximum atomic E-state index is 5.81. The first-order valence-electron chi connectivity index (χ1n) is 9.37. The molecular formula is C18H34N2O. The molecule has 3 aliphatic rings. The molecular weight excluding hydrogens is 260 g/mol. The van der Waals surface area contributed by atoms with Crippen LogP contribution in [0.25, 0.3) is 0 Å². The molecule has 1 aliphatic heterocycles. The predicted octanol–water partition coefficient (Wildman–Crippen LogP) is 3.33. The monoisotopic (exact) mass is 294 g/mol. The minimum absolute atomic E-state index is 0.438. The van der Waals surface area contributed by atoms with Crippen LogP contribution >= 0.6 is 0 Å². The quantitative estimate of drug-likeness (QED) is 0.787. The highest BCUT2D eigenvalue weighted by atomic mass is 16.5. The minimum Gasteiger partial charge on any atom is -0.380 e. The molecule has 0 unspecified atom stereocenters. The molecule has 0 radical (unpaired) electrons. The Hall–Kier alpha value is -0.120. The van der Waals surface area contributed by atoms with E-state index in [9.17, 15) is 0 Å². The van der Waals surface area contributed by atoms with Crippen LogP contribution < -0.4 is 5.32 Å². The van der Waals surface area contributed by atoms with Crippen molar-refractivity contribution >= 4 is 0 Å². The molecule has 1 saturated heterocycles. The lowest BCUT2D eigenvalue weighted by Gasteiger charge is -2.55. The summed E-state index contributed by atoms with van der Waals surface area (Å²) in [5, 5.41) is 4.00. The Morgan fingerprint density at radius 1 is 0.952 bits per heavy atom. The summed E-state index contributed by atoms with van der Waals surface area (Å²) in [6, 6.07) is 0. The van der Waals surface area contributed by atoms with Crippen molar-refractivity contribution in [3.63, 3.8) is 0 Å². The van der Waals surface area contributed by atoms with Gasteiger partial charge in [0, 0.05) is 37.3 Å². The van der Waals surface area contributed by atoms with E-state index in [0.29, 0.717) is 11.1 Å². The molecule has 3 nitrogen and oxygen atoms in total. The summed E-state index contributed by atoms with van der Waals surface area (Å²) in [6.07, 6.45) is 13.8. The zero-order valence-electron chi connectivity index (χ0n) is 14.0. The van der Waals surface area contributed by atoms with Crippen LogP contribution in [0.5, 0.6) is 0 Å². The first-order chi connectivity index (χ1) is 10.3. The molecule has 0 bridgehead atoms. The zero-order valence-corrected chi connectivity index (χ0v) is 14.0. The molecule has 3 rings (SSSR count). The Morgan fingerprint density at radius 3 is 2.38 bits per heavy atom. The van der Waals surface area contributed by atoms with Crippen LogP contribution in [0.15, 0.2) is 0 Å². The third-order valence-electron chi connectivity index (χ3n) is 6.16. The molecule has 0 aromatic heterocycles. The van der Waals surface area contributed by atoms with Gasteiger partial charge in [-0.2, -0.15) is 0 Å². The van der Waals surface area contributed by atoms with Crippen LogP contribution in [0.4, 0.5) is 0 Å². The van der Waals surface area contributed by atoms with Gasteiger partial charge in [-0.1, -0.05) is 39.0 Å². The van der Waals surface area contributed by atoms with E-state index in [1.165, 1.54) is 70.9 Å². The van der Waals surface area contributed by atoms with Crippen molar-refractivity contribution in [2.75, 3.05) is 32.8 Å². The molecule has 1 heterocycles. The smallest absolute Gasteiger partial charge is 0.0593 e. The highest BCUT2D eigenvalue weighted by molar-refractivity contribution is 5.07. The van der Waals surface area contributed by atoms with Crippen LogP contribution in [0.1, 0.15) is 71.1 Å². The van der Waals surface area contributed by atoms with Crippen molar-refractivity contribution in [2.45, 2.75) is 82.2 Å². The predicted molar refractivity (Wildman–Crippen MR) is 87.7 cm³/mol. The lowest BCUT2D eigenvalue weighted by molar-refractivity contribution is -0.0338. The van der Waals surface area contributed by atoms with Gasteiger partial charge in [0.25, 0.3) is 0 Å². The van der Waals surface area contributed by atoms with Gasteiger partial charge in [0.2, 0.25) is 0 Å². The molecule has 3 heteroatoms. The van der Waals surface area contributed by atoms with E-state index in [0.717, 1.165) is 26.2 Å². The molecule has 3 fully saturated rings. The average molecular weight is 294 g/mol. The third-order valence-corrected chi connectivity index (χ3v) is 6.16. The molecule has 122 valence electrons. The summed E-state index contributed by atoms with van der Waals surface area (Å²) in [4.78, 5) is 2.84. The van der Waals surface area contributed by atoms with Crippen LogP contribution in [-0.2, 0) is 4.74 Å². The highest BCUT2D eigenvalue weighted by Gasteiger charge is 2.48. The van der Waals surface area contributed by atoms with Gasteiger partial charge >= 0.3 is 0 Å². The van der Waals surface area contributed by atoms with Gasteiger partial charge in [-0.25, -0.2) is 0 Å². The van der Waals surface area contributed by atoms with Gasteiger partial charge in [0.15, 0.2) is 0 Å². The number of piperazine rings is 1. The second kappa shape index (κ2) is 6.97. The number of nitrogens with zero attached hydrogens (tertiary/aromatic N) is 1. The second-order valence-electron chi connectivity index (χ2n) is 7.66. The highest BCUT2D eigenvalue weighted by Crippen LogP contribution is 2.41. The summed E-state index contributed by atoms with van der Waals surface area (Å²) < 4.78 is 5.81. The third kappa shape index (κ3) is 3.46. The molecule has 0 atom stereocenters. The van der Waals surface area contributed by atoms with Gasteiger partial charge < -0.3 is 10.1 Å². The maximum absolute atomic E-state index is 5.81. The Bertz CT molecular complexity index is 319. The standard InChI is InChI=1S/C18H34N2O/c1-2-13-21-14-12-20-16-17(8-6-7-9-17)19-15-18(20)10-4-3-5-11-18/h19H,2-16H2,1H3. The van der Waals surface area contributed by atoms with E-state index in [-0.39, 0.29) is 0 Å². The van der Waals surface area contributed by atoms with E-state index in [1.807, 2.05) is 0 Å². The molecule has 2 spiro atoms.